The van der Waals surface area contributed by atoms with Gasteiger partial charge in [-0.05, 0) is 6.07 Å². The summed E-state index contributed by atoms with van der Waals surface area (Å²) < 4.78 is 1.39. The number of nitrogens with one attached hydrogen (secondary N) is 1. The molecule has 15 heavy (non-hydrogen) atoms. The van der Waals surface area contributed by atoms with Gasteiger partial charge in [-0.2, -0.15) is 0 Å². The summed E-state index contributed by atoms with van der Waals surface area (Å²) in [5, 5.41) is 18.6. The number of aromatic nitrogens is 4. The van der Waals surface area contributed by atoms with Gasteiger partial charge in [0.15, 0.2) is 11.5 Å². The molecule has 2 aromatic heterocycles. The van der Waals surface area contributed by atoms with Gasteiger partial charge in [-0.25, -0.2) is 4.52 Å². The first-order chi connectivity index (χ1) is 7.16. The molecule has 7 nitrogen and oxygen atoms in total. The van der Waals surface area contributed by atoms with Gasteiger partial charge in [0.1, 0.15) is 0 Å². The van der Waals surface area contributed by atoms with E-state index in [0.29, 0.717) is 11.5 Å². The van der Waals surface area contributed by atoms with Crippen molar-refractivity contribution in [3.8, 4) is 0 Å². The number of fused-ring (bicyclic) bond motifs is 1. The zero-order chi connectivity index (χ0) is 10.8. The number of hydrogen-bond acceptors (Lipinski definition) is 4. The number of carboxylic acid groups (broad SMARTS) is 1. The van der Waals surface area contributed by atoms with Crippen LogP contribution in [0.1, 0.15) is 12.2 Å². The van der Waals surface area contributed by atoms with Crippen molar-refractivity contribution < 1.29 is 9.90 Å². The van der Waals surface area contributed by atoms with Gasteiger partial charge >= 0.3 is 5.97 Å². The topological polar surface area (TPSA) is 100 Å². The van der Waals surface area contributed by atoms with E-state index in [1.807, 2.05) is 0 Å². The number of carbonyl (C=O) groups is 1. The predicted octanol–water partition coefficient (Wildman–Crippen LogP) is -0.565. The molecule has 0 aromatic carbocycles. The molecule has 0 aliphatic rings. The maximum Gasteiger partial charge on any atom is 0.303 e. The van der Waals surface area contributed by atoms with E-state index in [4.69, 9.17) is 5.11 Å². The molecule has 0 fully saturated rings. The molecule has 0 spiro atoms. The number of H-pyrrole nitrogens is 1. The summed E-state index contributed by atoms with van der Waals surface area (Å²) in [5.74, 6) is -0.477. The summed E-state index contributed by atoms with van der Waals surface area (Å²) >= 11 is 0. The fourth-order valence-corrected chi connectivity index (χ4v) is 1.24. The normalized spacial score (nSPS) is 10.7. The van der Waals surface area contributed by atoms with Crippen LogP contribution in [-0.4, -0.2) is 30.9 Å². The monoisotopic (exact) mass is 208 g/mol. The molecule has 0 aliphatic carbocycles. The highest BCUT2D eigenvalue weighted by Crippen LogP contribution is 2.01. The molecular weight excluding hydrogens is 200 g/mol. The minimum atomic E-state index is -0.912. The molecule has 0 amide bonds. The van der Waals surface area contributed by atoms with E-state index in [1.54, 1.807) is 0 Å². The Hall–Kier alpha value is -2.18. The quantitative estimate of drug-likeness (QED) is 0.703. The third-order valence-electron chi connectivity index (χ3n) is 1.92. The molecule has 0 aliphatic heterocycles. The maximum atomic E-state index is 11.0. The van der Waals surface area contributed by atoms with Gasteiger partial charge in [-0.1, -0.05) is 0 Å². The molecule has 0 saturated heterocycles. The lowest BCUT2D eigenvalue weighted by Crippen LogP contribution is -2.11. The zero-order valence-corrected chi connectivity index (χ0v) is 7.67. The van der Waals surface area contributed by atoms with Gasteiger partial charge in [0.25, 0.3) is 5.56 Å². The van der Waals surface area contributed by atoms with Crippen LogP contribution < -0.4 is 5.56 Å². The van der Waals surface area contributed by atoms with Crippen molar-refractivity contribution in [3.63, 3.8) is 0 Å². The van der Waals surface area contributed by atoms with Crippen LogP contribution in [0.3, 0.4) is 0 Å². The van der Waals surface area contributed by atoms with Crippen LogP contribution in [0, 0.1) is 0 Å². The largest absolute Gasteiger partial charge is 0.481 e. The van der Waals surface area contributed by atoms with Crippen LogP contribution in [0.4, 0.5) is 0 Å². The molecule has 0 atom stereocenters. The third-order valence-corrected chi connectivity index (χ3v) is 1.92. The number of nitrogens with zero attached hydrogens (tertiary/aromatic N) is 3. The van der Waals surface area contributed by atoms with E-state index >= 15 is 0 Å². The van der Waals surface area contributed by atoms with Crippen molar-refractivity contribution in [3.05, 3.63) is 28.3 Å². The minimum Gasteiger partial charge on any atom is -0.481 e. The minimum absolute atomic E-state index is 0.0439. The molecule has 2 N–H and O–H groups in total. The van der Waals surface area contributed by atoms with Gasteiger partial charge in [-0.15, -0.1) is 10.2 Å². The molecule has 78 valence electrons. The summed E-state index contributed by atoms with van der Waals surface area (Å²) in [5.41, 5.74) is 0.217. The molecule has 2 heterocycles. The number of aromatic amines is 1. The second-order valence-electron chi connectivity index (χ2n) is 3.01. The van der Waals surface area contributed by atoms with Crippen LogP contribution in [0.25, 0.3) is 5.65 Å². The van der Waals surface area contributed by atoms with E-state index in [9.17, 15) is 9.59 Å². The number of aryl methyl sites for hydroxylation is 1. The highest BCUT2D eigenvalue weighted by Gasteiger charge is 2.07. The molecule has 0 unspecified atom stereocenters. The average molecular weight is 208 g/mol. The molecule has 2 aromatic rings. The Labute approximate surface area is 83.4 Å². The highest BCUT2D eigenvalue weighted by molar-refractivity contribution is 5.66. The van der Waals surface area contributed by atoms with Crippen molar-refractivity contribution in [2.75, 3.05) is 0 Å². The molecule has 2 rings (SSSR count). The molecule has 0 radical (unpaired) electrons. The Morgan fingerprint density at radius 3 is 3.00 bits per heavy atom. The Bertz CT molecular complexity index is 556. The van der Waals surface area contributed by atoms with Crippen molar-refractivity contribution >= 4 is 11.6 Å². The summed E-state index contributed by atoms with van der Waals surface area (Å²) in [6.07, 6.45) is 0.189. The summed E-state index contributed by atoms with van der Waals surface area (Å²) in [6.45, 7) is 0. The Morgan fingerprint density at radius 1 is 1.47 bits per heavy atom. The van der Waals surface area contributed by atoms with E-state index in [0.717, 1.165) is 0 Å². The second-order valence-corrected chi connectivity index (χ2v) is 3.01. The fraction of sp³-hybridized carbons (Fsp3) is 0.250. The lowest BCUT2D eigenvalue weighted by atomic mass is 10.3. The Balaban J connectivity index is 2.39. The third kappa shape index (κ3) is 1.85. The maximum absolute atomic E-state index is 11.0. The molecule has 0 saturated carbocycles. The van der Waals surface area contributed by atoms with Crippen LogP contribution in [-0.2, 0) is 11.2 Å². The van der Waals surface area contributed by atoms with Gasteiger partial charge < -0.3 is 5.11 Å². The molecule has 0 bridgehead atoms. The lowest BCUT2D eigenvalue weighted by Gasteiger charge is -1.96. The Kier molecular flexibility index (Phi) is 2.20. The highest BCUT2D eigenvalue weighted by atomic mass is 16.4. The summed E-state index contributed by atoms with van der Waals surface area (Å²) in [4.78, 5) is 21.4. The number of rotatable bonds is 3. The van der Waals surface area contributed by atoms with E-state index < -0.39 is 5.97 Å². The Morgan fingerprint density at radius 2 is 2.27 bits per heavy atom. The first-order valence-electron chi connectivity index (χ1n) is 4.32. The van der Waals surface area contributed by atoms with Crippen molar-refractivity contribution in [2.24, 2.45) is 0 Å². The van der Waals surface area contributed by atoms with Gasteiger partial charge in [-0.3, -0.25) is 14.7 Å². The number of aliphatic carboxylic acids is 1. The molecular formula is C8H8N4O3. The fourth-order valence-electron chi connectivity index (χ4n) is 1.24. The predicted molar refractivity (Wildman–Crippen MR) is 49.6 cm³/mol. The van der Waals surface area contributed by atoms with E-state index in [1.165, 1.54) is 16.6 Å². The van der Waals surface area contributed by atoms with Crippen LogP contribution in [0.15, 0.2) is 16.9 Å². The van der Waals surface area contributed by atoms with Crippen molar-refractivity contribution in [2.45, 2.75) is 12.8 Å². The summed E-state index contributed by atoms with van der Waals surface area (Å²) in [6, 6.07) is 2.86. The first kappa shape index (κ1) is 9.38. The van der Waals surface area contributed by atoms with E-state index in [2.05, 4.69) is 15.3 Å². The first-order valence-corrected chi connectivity index (χ1v) is 4.32. The smallest absolute Gasteiger partial charge is 0.303 e. The van der Waals surface area contributed by atoms with Crippen molar-refractivity contribution in [1.29, 1.82) is 0 Å². The van der Waals surface area contributed by atoms with Crippen LogP contribution >= 0.6 is 0 Å². The van der Waals surface area contributed by atoms with Gasteiger partial charge in [0, 0.05) is 12.5 Å². The van der Waals surface area contributed by atoms with Crippen molar-refractivity contribution in [1.82, 2.24) is 19.8 Å². The summed E-state index contributed by atoms with van der Waals surface area (Å²) in [7, 11) is 0. The average Bonchev–Trinajstić information content (AvgIpc) is 2.57. The lowest BCUT2D eigenvalue weighted by molar-refractivity contribution is -0.137. The van der Waals surface area contributed by atoms with Gasteiger partial charge in [0.05, 0.1) is 6.42 Å². The van der Waals surface area contributed by atoms with E-state index in [-0.39, 0.29) is 18.4 Å². The number of hydrogen-bond donors (Lipinski definition) is 2. The molecule has 7 heteroatoms. The SMILES string of the molecule is O=C(O)CCc1nnc2ccc(=O)[nH]n12. The standard InChI is InChI=1S/C8H8N4O3/c13-7-3-1-5-9-10-6(12(5)11-7)2-4-8(14)15/h1,3H,2,4H2,(H,11,13)(H,14,15). The number of carboxylic acids is 1. The zero-order valence-electron chi connectivity index (χ0n) is 7.67. The van der Waals surface area contributed by atoms with Crippen LogP contribution in [0.2, 0.25) is 0 Å². The second kappa shape index (κ2) is 3.52. The van der Waals surface area contributed by atoms with Gasteiger partial charge in [0.2, 0.25) is 0 Å². The van der Waals surface area contributed by atoms with Crippen LogP contribution in [0.5, 0.6) is 0 Å².